The van der Waals surface area contributed by atoms with Crippen molar-refractivity contribution in [3.8, 4) is 12.1 Å². The van der Waals surface area contributed by atoms with Gasteiger partial charge < -0.3 is 10.4 Å². The van der Waals surface area contributed by atoms with Crippen molar-refractivity contribution in [2.45, 2.75) is 11.3 Å². The number of nitrogens with one attached hydrogen (secondary N) is 1. The maximum atomic E-state index is 12.4. The summed E-state index contributed by atoms with van der Waals surface area (Å²) in [4.78, 5) is 23.7. The molecule has 0 radical (unpaired) electrons. The number of sulfonamides is 1. The predicted octanol–water partition coefficient (Wildman–Crippen LogP) is 2.04. The molecule has 0 unspecified atom stereocenters. The lowest BCUT2D eigenvalue weighted by atomic mass is 10.1. The number of nitriles is 2. The first kappa shape index (κ1) is 21.6. The third kappa shape index (κ3) is 4.96. The van der Waals surface area contributed by atoms with E-state index < -0.39 is 21.9 Å². The van der Waals surface area contributed by atoms with E-state index in [1.165, 1.54) is 43.4 Å². The number of amides is 1. The van der Waals surface area contributed by atoms with Crippen molar-refractivity contribution < 1.29 is 23.1 Å². The van der Waals surface area contributed by atoms with Crippen LogP contribution in [0.4, 0.5) is 5.69 Å². The highest BCUT2D eigenvalue weighted by Crippen LogP contribution is 2.20. The SMILES string of the molecule is CN(CCC#N)S(=O)(=O)c1ccc(C(=O)Nc2ccc(C#N)cc2C(=O)O)cc1. The first-order valence-electron chi connectivity index (χ1n) is 8.23. The van der Waals surface area contributed by atoms with E-state index in [2.05, 4.69) is 5.32 Å². The molecule has 0 aliphatic heterocycles. The minimum atomic E-state index is -3.80. The number of rotatable bonds is 7. The summed E-state index contributed by atoms with van der Waals surface area (Å²) in [6.07, 6.45) is 0.0483. The molecule has 10 heteroatoms. The van der Waals surface area contributed by atoms with Crippen molar-refractivity contribution >= 4 is 27.6 Å². The highest BCUT2D eigenvalue weighted by molar-refractivity contribution is 7.89. The van der Waals surface area contributed by atoms with E-state index in [0.717, 1.165) is 10.4 Å². The molecule has 0 bridgehead atoms. The van der Waals surface area contributed by atoms with Crippen LogP contribution in [0.5, 0.6) is 0 Å². The van der Waals surface area contributed by atoms with Crippen LogP contribution in [0.3, 0.4) is 0 Å². The zero-order valence-electron chi connectivity index (χ0n) is 15.3. The second-order valence-electron chi connectivity index (χ2n) is 5.89. The van der Waals surface area contributed by atoms with Gasteiger partial charge in [-0.1, -0.05) is 0 Å². The molecule has 29 heavy (non-hydrogen) atoms. The lowest BCUT2D eigenvalue weighted by Crippen LogP contribution is -2.27. The minimum Gasteiger partial charge on any atom is -0.478 e. The Morgan fingerprint density at radius 2 is 1.79 bits per heavy atom. The van der Waals surface area contributed by atoms with Crippen molar-refractivity contribution in [1.82, 2.24) is 4.31 Å². The summed E-state index contributed by atoms with van der Waals surface area (Å²) >= 11 is 0. The van der Waals surface area contributed by atoms with E-state index in [1.54, 1.807) is 0 Å². The number of hydrogen-bond acceptors (Lipinski definition) is 6. The molecule has 2 aromatic carbocycles. The summed E-state index contributed by atoms with van der Waals surface area (Å²) in [7, 11) is -2.44. The van der Waals surface area contributed by atoms with Gasteiger partial charge in [-0.3, -0.25) is 4.79 Å². The standard InChI is InChI=1S/C19H16N4O5S/c1-23(10-2-9-20)29(27,28)15-6-4-14(5-7-15)18(24)22-17-8-3-13(12-21)11-16(17)19(25)26/h3-8,11H,2,10H2,1H3,(H,22,24)(H,25,26). The van der Waals surface area contributed by atoms with Crippen molar-refractivity contribution in [2.75, 3.05) is 18.9 Å². The van der Waals surface area contributed by atoms with Crippen LogP contribution in [-0.4, -0.2) is 43.3 Å². The first-order valence-corrected chi connectivity index (χ1v) is 9.67. The van der Waals surface area contributed by atoms with Gasteiger partial charge in [-0.05, 0) is 42.5 Å². The summed E-state index contributed by atoms with van der Waals surface area (Å²) in [5, 5.41) is 29.2. The van der Waals surface area contributed by atoms with Gasteiger partial charge >= 0.3 is 5.97 Å². The van der Waals surface area contributed by atoms with E-state index in [4.69, 9.17) is 10.5 Å². The molecule has 0 aromatic heterocycles. The Bertz CT molecular complexity index is 1130. The summed E-state index contributed by atoms with van der Waals surface area (Å²) in [6.45, 7) is 0.0394. The molecular weight excluding hydrogens is 396 g/mol. The summed E-state index contributed by atoms with van der Waals surface area (Å²) in [5.74, 6) is -1.95. The Balaban J connectivity index is 2.23. The fraction of sp³-hybridized carbons (Fsp3) is 0.158. The molecule has 0 spiro atoms. The molecule has 2 N–H and O–H groups in total. The quantitative estimate of drug-likeness (QED) is 0.706. The van der Waals surface area contributed by atoms with Crippen LogP contribution in [-0.2, 0) is 10.0 Å². The van der Waals surface area contributed by atoms with E-state index in [0.29, 0.717) is 0 Å². The van der Waals surface area contributed by atoms with E-state index in [-0.39, 0.29) is 40.2 Å². The normalized spacial score (nSPS) is 10.8. The van der Waals surface area contributed by atoms with Crippen molar-refractivity contribution in [1.29, 1.82) is 10.5 Å². The van der Waals surface area contributed by atoms with Crippen LogP contribution in [0, 0.1) is 22.7 Å². The largest absolute Gasteiger partial charge is 0.478 e. The van der Waals surface area contributed by atoms with Gasteiger partial charge in [0.2, 0.25) is 10.0 Å². The molecule has 0 saturated carbocycles. The summed E-state index contributed by atoms with van der Waals surface area (Å²) in [6, 6.07) is 12.6. The molecule has 0 aliphatic carbocycles. The summed E-state index contributed by atoms with van der Waals surface area (Å²) in [5.41, 5.74) is 0.0185. The summed E-state index contributed by atoms with van der Waals surface area (Å²) < 4.78 is 25.9. The molecule has 2 rings (SSSR count). The van der Waals surface area contributed by atoms with Gasteiger partial charge in [0, 0.05) is 25.6 Å². The Kier molecular flexibility index (Phi) is 6.67. The lowest BCUT2D eigenvalue weighted by Gasteiger charge is -2.16. The number of carboxylic acid groups (broad SMARTS) is 1. The van der Waals surface area contributed by atoms with Crippen LogP contribution in [0.1, 0.15) is 32.7 Å². The van der Waals surface area contributed by atoms with Crippen molar-refractivity contribution in [3.05, 3.63) is 59.2 Å². The van der Waals surface area contributed by atoms with Gasteiger partial charge in [-0.2, -0.15) is 14.8 Å². The number of aromatic carboxylic acids is 1. The molecule has 1 amide bonds. The zero-order valence-corrected chi connectivity index (χ0v) is 16.1. The van der Waals surface area contributed by atoms with E-state index in [1.807, 2.05) is 12.1 Å². The molecule has 0 aliphatic rings. The third-order valence-corrected chi connectivity index (χ3v) is 5.86. The van der Waals surface area contributed by atoms with Crippen LogP contribution >= 0.6 is 0 Å². The average Bonchev–Trinajstić information content (AvgIpc) is 2.72. The number of nitrogens with zero attached hydrogens (tertiary/aromatic N) is 3. The minimum absolute atomic E-state index is 0.00874. The molecule has 148 valence electrons. The Morgan fingerprint density at radius 1 is 1.14 bits per heavy atom. The number of hydrogen-bond donors (Lipinski definition) is 2. The van der Waals surface area contributed by atoms with E-state index >= 15 is 0 Å². The third-order valence-electron chi connectivity index (χ3n) is 3.99. The van der Waals surface area contributed by atoms with Crippen LogP contribution in [0.25, 0.3) is 0 Å². The maximum Gasteiger partial charge on any atom is 0.337 e. The number of carbonyl (C=O) groups is 2. The fourth-order valence-electron chi connectivity index (χ4n) is 2.38. The number of carbonyl (C=O) groups excluding carboxylic acids is 1. The zero-order chi connectivity index (χ0) is 21.6. The molecular formula is C19H16N4O5S. The molecule has 0 saturated heterocycles. The van der Waals surface area contributed by atoms with E-state index in [9.17, 15) is 23.1 Å². The Labute approximate surface area is 167 Å². The smallest absolute Gasteiger partial charge is 0.337 e. The Hall–Kier alpha value is -3.73. The van der Waals surface area contributed by atoms with Gasteiger partial charge in [-0.15, -0.1) is 0 Å². The van der Waals surface area contributed by atoms with Crippen LogP contribution in [0.15, 0.2) is 47.4 Å². The second-order valence-corrected chi connectivity index (χ2v) is 7.94. The second kappa shape index (κ2) is 8.97. The highest BCUT2D eigenvalue weighted by atomic mass is 32.2. The van der Waals surface area contributed by atoms with Crippen molar-refractivity contribution in [2.24, 2.45) is 0 Å². The maximum absolute atomic E-state index is 12.4. The molecule has 9 nitrogen and oxygen atoms in total. The molecule has 0 atom stereocenters. The fourth-order valence-corrected chi connectivity index (χ4v) is 3.55. The molecule has 0 fully saturated rings. The van der Waals surface area contributed by atoms with Gasteiger partial charge in [0.25, 0.3) is 5.91 Å². The Morgan fingerprint density at radius 3 is 2.34 bits per heavy atom. The molecule has 0 heterocycles. The van der Waals surface area contributed by atoms with Gasteiger partial charge in [0.1, 0.15) is 0 Å². The lowest BCUT2D eigenvalue weighted by molar-refractivity contribution is 0.0698. The number of carboxylic acids is 1. The number of benzene rings is 2. The van der Waals surface area contributed by atoms with Gasteiger partial charge in [-0.25, -0.2) is 13.2 Å². The average molecular weight is 412 g/mol. The van der Waals surface area contributed by atoms with Gasteiger partial charge in [0.05, 0.1) is 33.8 Å². The van der Waals surface area contributed by atoms with Crippen LogP contribution < -0.4 is 5.32 Å². The highest BCUT2D eigenvalue weighted by Gasteiger charge is 2.21. The first-order chi connectivity index (χ1) is 13.7. The monoisotopic (exact) mass is 412 g/mol. The van der Waals surface area contributed by atoms with Crippen LogP contribution in [0.2, 0.25) is 0 Å². The van der Waals surface area contributed by atoms with Gasteiger partial charge in [0.15, 0.2) is 0 Å². The van der Waals surface area contributed by atoms with Crippen molar-refractivity contribution in [3.63, 3.8) is 0 Å². The topological polar surface area (TPSA) is 151 Å². The number of anilines is 1. The predicted molar refractivity (Wildman–Crippen MR) is 103 cm³/mol. The molecule has 2 aromatic rings.